The van der Waals surface area contributed by atoms with Crippen LogP contribution in [0.2, 0.25) is 4.34 Å². The Hall–Kier alpha value is -1.83. The van der Waals surface area contributed by atoms with Crippen LogP contribution in [0.15, 0.2) is 40.4 Å². The number of hydrogen-bond donors (Lipinski definition) is 1. The highest BCUT2D eigenvalue weighted by Gasteiger charge is 2.25. The maximum absolute atomic E-state index is 12.3. The van der Waals surface area contributed by atoms with Gasteiger partial charge in [-0.3, -0.25) is 10.2 Å². The van der Waals surface area contributed by atoms with Crippen molar-refractivity contribution in [3.8, 4) is 0 Å². The van der Waals surface area contributed by atoms with Gasteiger partial charge in [-0.2, -0.15) is 0 Å². The molecule has 0 amide bonds. The van der Waals surface area contributed by atoms with Gasteiger partial charge in [0.05, 0.1) is 14.9 Å². The Kier molecular flexibility index (Phi) is 7.35. The maximum Gasteiger partial charge on any atom is 0.172 e. The zero-order valence-electron chi connectivity index (χ0n) is 17.5. The number of nitrogens with one attached hydrogen (secondary N) is 1. The number of halogens is 1. The van der Waals surface area contributed by atoms with E-state index < -0.39 is 0 Å². The largest absolute Gasteiger partial charge is 0.392 e. The molecule has 1 unspecified atom stereocenters. The number of thioether (sulfide) groups is 1. The summed E-state index contributed by atoms with van der Waals surface area (Å²) < 4.78 is 0.632. The van der Waals surface area contributed by atoms with E-state index in [1.165, 1.54) is 17.8 Å². The Morgan fingerprint density at radius 3 is 2.81 bits per heavy atom. The first-order valence-electron chi connectivity index (χ1n) is 10.6. The minimum atomic E-state index is -0.0876. The molecule has 2 aliphatic heterocycles. The fourth-order valence-electron chi connectivity index (χ4n) is 4.00. The third-order valence-electron chi connectivity index (χ3n) is 5.73. The summed E-state index contributed by atoms with van der Waals surface area (Å²) in [4.78, 5) is 21.9. The molecule has 0 spiro atoms. The second-order valence-corrected chi connectivity index (χ2v) is 10.4. The number of ketones is 1. The smallest absolute Gasteiger partial charge is 0.172 e. The molecule has 5 nitrogen and oxygen atoms in total. The number of nitrogens with zero attached hydrogens (tertiary/aromatic N) is 2. The molecule has 0 bridgehead atoms. The zero-order valence-corrected chi connectivity index (χ0v) is 19.9. The van der Waals surface area contributed by atoms with Crippen molar-refractivity contribution in [3.05, 3.63) is 50.7 Å². The van der Waals surface area contributed by atoms with Crippen LogP contribution in [0.1, 0.15) is 59.3 Å². The molecule has 0 saturated carbocycles. The fraction of sp³-hybridized carbons (Fsp3) is 0.435. The highest BCUT2D eigenvalue weighted by Crippen LogP contribution is 2.29. The first kappa shape index (κ1) is 22.4. The summed E-state index contributed by atoms with van der Waals surface area (Å²) in [5.41, 5.74) is 2.92. The van der Waals surface area contributed by atoms with Crippen LogP contribution in [-0.4, -0.2) is 47.7 Å². The number of Topliss-reactive ketones (excluding diaryl/α,β-unsaturated/α-hetero) is 1. The van der Waals surface area contributed by atoms with Gasteiger partial charge in [0.25, 0.3) is 0 Å². The van der Waals surface area contributed by atoms with Crippen molar-refractivity contribution in [3.63, 3.8) is 0 Å². The summed E-state index contributed by atoms with van der Waals surface area (Å²) in [6, 6.07) is 9.71. The molecule has 0 aliphatic carbocycles. The highest BCUT2D eigenvalue weighted by atomic mass is 35.5. The normalized spacial score (nSPS) is 18.6. The Morgan fingerprint density at radius 2 is 2.10 bits per heavy atom. The first-order valence-corrected chi connectivity index (χ1v) is 13.0. The molecule has 2 aromatic rings. The van der Waals surface area contributed by atoms with Gasteiger partial charge in [-0.15, -0.1) is 23.1 Å². The average Bonchev–Trinajstić information content (AvgIpc) is 3.46. The van der Waals surface area contributed by atoms with Gasteiger partial charge >= 0.3 is 0 Å². The number of rotatable bonds is 7. The predicted octanol–water partition coefficient (Wildman–Crippen LogP) is 6.09. The van der Waals surface area contributed by atoms with Crippen molar-refractivity contribution < 1.29 is 9.63 Å². The van der Waals surface area contributed by atoms with E-state index in [4.69, 9.17) is 21.8 Å². The molecule has 4 rings (SSSR count). The predicted molar refractivity (Wildman–Crippen MR) is 129 cm³/mol. The van der Waals surface area contributed by atoms with Gasteiger partial charge in [-0.1, -0.05) is 28.9 Å². The SMILES string of the molecule is CSc1cc(C(=N)N2CCCCC2)ccc1C1=NOC(CCC(=O)c2ccc(Cl)s2)C1. The molecule has 1 N–H and O–H groups in total. The molecule has 1 atom stereocenters. The number of hydrogen-bond acceptors (Lipinski definition) is 6. The van der Waals surface area contributed by atoms with Crippen molar-refractivity contribution in [2.75, 3.05) is 19.3 Å². The molecule has 1 fully saturated rings. The number of carbonyl (C=O) groups excluding carboxylic acids is 1. The molecular weight excluding hydrogens is 450 g/mol. The topological polar surface area (TPSA) is 65.8 Å². The van der Waals surface area contributed by atoms with E-state index in [0.717, 1.165) is 47.7 Å². The van der Waals surface area contributed by atoms with Crippen molar-refractivity contribution in [2.24, 2.45) is 5.16 Å². The molecule has 1 saturated heterocycles. The molecule has 1 aromatic heterocycles. The lowest BCUT2D eigenvalue weighted by atomic mass is 9.99. The van der Waals surface area contributed by atoms with Crippen molar-refractivity contribution in [1.82, 2.24) is 4.90 Å². The summed E-state index contributed by atoms with van der Waals surface area (Å²) in [6.07, 6.45) is 7.28. The number of oxime groups is 1. The fourth-order valence-corrected chi connectivity index (χ4v) is 5.66. The van der Waals surface area contributed by atoms with E-state index in [0.29, 0.717) is 34.3 Å². The summed E-state index contributed by atoms with van der Waals surface area (Å²) in [7, 11) is 0. The molecule has 164 valence electrons. The molecule has 8 heteroatoms. The van der Waals surface area contributed by atoms with Crippen LogP contribution < -0.4 is 0 Å². The van der Waals surface area contributed by atoms with Crippen LogP contribution in [0, 0.1) is 5.41 Å². The van der Waals surface area contributed by atoms with Gasteiger partial charge in [0.1, 0.15) is 11.9 Å². The van der Waals surface area contributed by atoms with Crippen LogP contribution in [0.25, 0.3) is 0 Å². The number of likely N-dealkylation sites (tertiary alicyclic amines) is 1. The van der Waals surface area contributed by atoms with Crippen LogP contribution >= 0.6 is 34.7 Å². The van der Waals surface area contributed by atoms with E-state index >= 15 is 0 Å². The van der Waals surface area contributed by atoms with Gasteiger partial charge in [0.15, 0.2) is 5.78 Å². The van der Waals surface area contributed by atoms with Crippen molar-refractivity contribution in [1.29, 1.82) is 5.41 Å². The van der Waals surface area contributed by atoms with Crippen molar-refractivity contribution >= 4 is 52.0 Å². The highest BCUT2D eigenvalue weighted by molar-refractivity contribution is 7.98. The number of benzene rings is 1. The van der Waals surface area contributed by atoms with Crippen molar-refractivity contribution in [2.45, 2.75) is 49.5 Å². The van der Waals surface area contributed by atoms with Gasteiger partial charge in [0.2, 0.25) is 0 Å². The summed E-state index contributed by atoms with van der Waals surface area (Å²) in [5, 5.41) is 12.9. The lowest BCUT2D eigenvalue weighted by molar-refractivity contribution is 0.0720. The van der Waals surface area contributed by atoms with Gasteiger partial charge < -0.3 is 9.74 Å². The van der Waals surface area contributed by atoms with Gasteiger partial charge in [-0.25, -0.2) is 0 Å². The third-order valence-corrected chi connectivity index (χ3v) is 7.78. The quantitative estimate of drug-likeness (QED) is 0.228. The Bertz CT molecular complexity index is 998. The van der Waals surface area contributed by atoms with Crippen LogP contribution in [0.5, 0.6) is 0 Å². The Labute approximate surface area is 196 Å². The summed E-state index contributed by atoms with van der Waals surface area (Å²) in [6.45, 7) is 1.93. The first-order chi connectivity index (χ1) is 15.0. The average molecular weight is 476 g/mol. The van der Waals surface area contributed by atoms with Crippen LogP contribution in [0.4, 0.5) is 0 Å². The maximum atomic E-state index is 12.3. The van der Waals surface area contributed by atoms with Crippen LogP contribution in [0.3, 0.4) is 0 Å². The van der Waals surface area contributed by atoms with Crippen LogP contribution in [-0.2, 0) is 4.84 Å². The molecular formula is C23H26ClN3O2S2. The monoisotopic (exact) mass is 475 g/mol. The summed E-state index contributed by atoms with van der Waals surface area (Å²) >= 11 is 8.91. The lowest BCUT2D eigenvalue weighted by Crippen LogP contribution is -2.35. The molecule has 3 heterocycles. The molecule has 0 radical (unpaired) electrons. The number of piperidine rings is 1. The summed E-state index contributed by atoms with van der Waals surface area (Å²) in [5.74, 6) is 0.704. The van der Waals surface area contributed by atoms with E-state index in [2.05, 4.69) is 22.2 Å². The number of amidine groups is 1. The Balaban J connectivity index is 1.38. The number of carbonyl (C=O) groups is 1. The second kappa shape index (κ2) is 10.2. The zero-order chi connectivity index (χ0) is 21.8. The number of thiophene rings is 1. The van der Waals surface area contributed by atoms with Gasteiger partial charge in [0, 0.05) is 42.0 Å². The Morgan fingerprint density at radius 1 is 1.29 bits per heavy atom. The minimum Gasteiger partial charge on any atom is -0.392 e. The third kappa shape index (κ3) is 5.33. The molecule has 1 aromatic carbocycles. The standard InChI is InChI=1S/C23H26ClN3O2S2/c1-30-21-13-15(23(25)27-11-3-2-4-12-27)5-7-17(21)18-14-16(29-26-18)6-8-19(28)20-9-10-22(24)31-20/h5,7,9-10,13,16,25H,2-4,6,8,11-12,14H2,1H3. The second-order valence-electron chi connectivity index (χ2n) is 7.85. The molecule has 31 heavy (non-hydrogen) atoms. The minimum absolute atomic E-state index is 0.0876. The molecule has 2 aliphatic rings. The lowest BCUT2D eigenvalue weighted by Gasteiger charge is -2.29. The van der Waals surface area contributed by atoms with Gasteiger partial charge in [-0.05, 0) is 50.1 Å². The van der Waals surface area contributed by atoms with E-state index in [-0.39, 0.29) is 11.9 Å². The van der Waals surface area contributed by atoms with E-state index in [9.17, 15) is 4.79 Å². The van der Waals surface area contributed by atoms with E-state index in [1.807, 2.05) is 12.3 Å². The van der Waals surface area contributed by atoms with E-state index in [1.54, 1.807) is 23.9 Å².